The van der Waals surface area contributed by atoms with Crippen LogP contribution in [0.5, 0.6) is 0 Å². The molecule has 0 bridgehead atoms. The largest absolute Gasteiger partial charge is 0.462 e. The van der Waals surface area contributed by atoms with Gasteiger partial charge in [0.15, 0.2) is 6.10 Å². The molecule has 0 aliphatic heterocycles. The highest BCUT2D eigenvalue weighted by Gasteiger charge is 2.19. The highest BCUT2D eigenvalue weighted by Crippen LogP contribution is 2.14. The van der Waals surface area contributed by atoms with Gasteiger partial charge in [-0.3, -0.25) is 14.4 Å². The molecule has 0 N–H and O–H groups in total. The summed E-state index contributed by atoms with van der Waals surface area (Å²) in [6.07, 6.45) is 94.2. The van der Waals surface area contributed by atoms with Crippen LogP contribution in [0.2, 0.25) is 0 Å². The molecule has 0 aliphatic rings. The van der Waals surface area contributed by atoms with Gasteiger partial charge >= 0.3 is 17.9 Å². The molecule has 0 aromatic heterocycles. The lowest BCUT2D eigenvalue weighted by atomic mass is 10.1. The van der Waals surface area contributed by atoms with Crippen LogP contribution in [0.1, 0.15) is 278 Å². The minimum atomic E-state index is -0.816. The first-order valence-corrected chi connectivity index (χ1v) is 32.3. The Labute approximate surface area is 487 Å². The van der Waals surface area contributed by atoms with E-state index in [0.717, 1.165) is 128 Å². The zero-order valence-corrected chi connectivity index (χ0v) is 51.1. The number of hydrogen-bond acceptors (Lipinski definition) is 6. The molecule has 0 fully saturated rings. The standard InChI is InChI=1S/C73H118O6/c1-4-7-10-13-16-19-22-25-28-30-31-32-33-34-35-36-37-38-39-40-41-43-45-48-51-54-57-60-63-66-72(75)78-69-70(68-77-71(74)65-62-59-56-53-50-47-44-27-24-21-18-15-12-9-6-3)79-73(76)67-64-61-58-55-52-49-46-42-29-26-23-20-17-14-11-8-5-2/h7,10,16-17,19-20,25-29,31-32,34-35,37-38,40-41,44-45,48,54,57,70H,4-6,8-9,11-15,18,21-24,30,33,36,39,42-43,46-47,49-53,55-56,58-69H2,1-3H3/b10-7-,19-16-,20-17-,28-25-,29-26-,32-31-,35-34-,38-37-,41-40-,44-27-,48-45-,57-54-. The maximum atomic E-state index is 12.9. The van der Waals surface area contributed by atoms with Gasteiger partial charge in [-0.25, -0.2) is 0 Å². The first-order valence-electron chi connectivity index (χ1n) is 32.3. The van der Waals surface area contributed by atoms with Crippen molar-refractivity contribution in [3.8, 4) is 0 Å². The Hall–Kier alpha value is -4.71. The van der Waals surface area contributed by atoms with Crippen molar-refractivity contribution in [3.05, 3.63) is 146 Å². The van der Waals surface area contributed by atoms with Crippen LogP contribution in [-0.4, -0.2) is 37.2 Å². The second kappa shape index (κ2) is 65.8. The van der Waals surface area contributed by atoms with Crippen LogP contribution in [-0.2, 0) is 28.6 Å². The molecule has 0 aliphatic carbocycles. The predicted octanol–water partition coefficient (Wildman–Crippen LogP) is 22.3. The quantitative estimate of drug-likeness (QED) is 0.0261. The zero-order valence-electron chi connectivity index (χ0n) is 51.1. The fourth-order valence-corrected chi connectivity index (χ4v) is 8.47. The van der Waals surface area contributed by atoms with Crippen molar-refractivity contribution in [2.24, 2.45) is 0 Å². The minimum absolute atomic E-state index is 0.108. The van der Waals surface area contributed by atoms with Gasteiger partial charge < -0.3 is 14.2 Å². The van der Waals surface area contributed by atoms with Crippen molar-refractivity contribution < 1.29 is 28.6 Å². The molecule has 0 aromatic rings. The Morgan fingerprint density at radius 1 is 0.266 bits per heavy atom. The Balaban J connectivity index is 4.48. The van der Waals surface area contributed by atoms with E-state index in [1.807, 2.05) is 0 Å². The second-order valence-electron chi connectivity index (χ2n) is 20.9. The van der Waals surface area contributed by atoms with Gasteiger partial charge in [-0.05, 0) is 141 Å². The van der Waals surface area contributed by atoms with Gasteiger partial charge in [-0.1, -0.05) is 263 Å². The fraction of sp³-hybridized carbons (Fsp3) is 0.630. The minimum Gasteiger partial charge on any atom is -0.462 e. The number of allylic oxidation sites excluding steroid dienone is 24. The maximum absolute atomic E-state index is 12.9. The van der Waals surface area contributed by atoms with Crippen LogP contribution in [0.4, 0.5) is 0 Å². The summed E-state index contributed by atoms with van der Waals surface area (Å²) < 4.78 is 16.9. The molecular weight excluding hydrogens is 973 g/mol. The van der Waals surface area contributed by atoms with Gasteiger partial charge in [0.2, 0.25) is 0 Å². The van der Waals surface area contributed by atoms with Crippen molar-refractivity contribution in [1.82, 2.24) is 0 Å². The van der Waals surface area contributed by atoms with E-state index in [4.69, 9.17) is 14.2 Å². The van der Waals surface area contributed by atoms with Gasteiger partial charge in [0, 0.05) is 19.3 Å². The number of hydrogen-bond donors (Lipinski definition) is 0. The summed E-state index contributed by atoms with van der Waals surface area (Å²) in [5, 5.41) is 0. The average Bonchev–Trinajstić information content (AvgIpc) is 3.45. The summed E-state index contributed by atoms with van der Waals surface area (Å²) >= 11 is 0. The van der Waals surface area contributed by atoms with E-state index in [9.17, 15) is 14.4 Å². The van der Waals surface area contributed by atoms with Gasteiger partial charge in [0.25, 0.3) is 0 Å². The van der Waals surface area contributed by atoms with Crippen molar-refractivity contribution >= 4 is 17.9 Å². The highest BCUT2D eigenvalue weighted by atomic mass is 16.6. The lowest BCUT2D eigenvalue weighted by molar-refractivity contribution is -0.167. The molecule has 0 rings (SSSR count). The van der Waals surface area contributed by atoms with Gasteiger partial charge in [-0.2, -0.15) is 0 Å². The van der Waals surface area contributed by atoms with Crippen LogP contribution >= 0.6 is 0 Å². The van der Waals surface area contributed by atoms with Gasteiger partial charge in [0.1, 0.15) is 13.2 Å². The van der Waals surface area contributed by atoms with Crippen LogP contribution in [0, 0.1) is 0 Å². The number of unbranched alkanes of at least 4 members (excludes halogenated alkanes) is 22. The van der Waals surface area contributed by atoms with Gasteiger partial charge in [0.05, 0.1) is 0 Å². The molecule has 0 saturated heterocycles. The number of carbonyl (C=O) groups is 3. The molecule has 6 heteroatoms. The first kappa shape index (κ1) is 74.3. The van der Waals surface area contributed by atoms with Crippen LogP contribution in [0.15, 0.2) is 146 Å². The molecular formula is C73H118O6. The van der Waals surface area contributed by atoms with E-state index in [1.165, 1.54) is 103 Å². The third-order valence-electron chi connectivity index (χ3n) is 13.3. The molecule has 1 unspecified atom stereocenters. The fourth-order valence-electron chi connectivity index (χ4n) is 8.47. The normalized spacial score (nSPS) is 13.1. The summed E-state index contributed by atoms with van der Waals surface area (Å²) in [5.41, 5.74) is 0. The average molecular weight is 1090 g/mol. The molecule has 79 heavy (non-hydrogen) atoms. The summed E-state index contributed by atoms with van der Waals surface area (Å²) in [5.74, 6) is -0.986. The monoisotopic (exact) mass is 1090 g/mol. The smallest absolute Gasteiger partial charge is 0.306 e. The zero-order chi connectivity index (χ0) is 57.1. The van der Waals surface area contributed by atoms with E-state index in [-0.39, 0.29) is 37.5 Å². The lowest BCUT2D eigenvalue weighted by Gasteiger charge is -2.18. The number of esters is 3. The number of carbonyl (C=O) groups excluding carboxylic acids is 3. The summed E-state index contributed by atoms with van der Waals surface area (Å²) in [6, 6.07) is 0. The SMILES string of the molecule is CC/C=C\C/C=C\C/C=C\C/C=C\C/C=C\C/C=C\C/C=C\C/C=C\C/C=C\CCCC(=O)OCC(COC(=O)CCCCCCC/C=C\CCCCCCCC)OC(=O)CCCCCCCCC/C=C\C/C=C\CCCCC. The molecule has 0 spiro atoms. The van der Waals surface area contributed by atoms with Crippen molar-refractivity contribution in [2.45, 2.75) is 284 Å². The molecule has 0 radical (unpaired) electrons. The molecule has 0 saturated carbocycles. The molecule has 0 aromatic carbocycles. The molecule has 0 heterocycles. The van der Waals surface area contributed by atoms with E-state index in [1.54, 1.807) is 0 Å². The maximum Gasteiger partial charge on any atom is 0.306 e. The Bertz CT molecular complexity index is 1730. The summed E-state index contributed by atoms with van der Waals surface area (Å²) in [6.45, 7) is 6.44. The van der Waals surface area contributed by atoms with Crippen LogP contribution in [0.3, 0.4) is 0 Å². The number of rotatable bonds is 57. The number of ether oxygens (including phenoxy) is 3. The van der Waals surface area contributed by atoms with E-state index < -0.39 is 6.10 Å². The van der Waals surface area contributed by atoms with Gasteiger partial charge in [-0.15, -0.1) is 0 Å². The van der Waals surface area contributed by atoms with Crippen molar-refractivity contribution in [2.75, 3.05) is 13.2 Å². The third-order valence-corrected chi connectivity index (χ3v) is 13.3. The Morgan fingerprint density at radius 2 is 0.506 bits per heavy atom. The molecule has 446 valence electrons. The molecule has 6 nitrogen and oxygen atoms in total. The van der Waals surface area contributed by atoms with E-state index >= 15 is 0 Å². The first-order chi connectivity index (χ1) is 39.0. The van der Waals surface area contributed by atoms with E-state index in [2.05, 4.69) is 167 Å². The highest BCUT2D eigenvalue weighted by molar-refractivity contribution is 5.71. The van der Waals surface area contributed by atoms with Crippen molar-refractivity contribution in [1.29, 1.82) is 0 Å². The second-order valence-corrected chi connectivity index (χ2v) is 20.9. The molecule has 1 atom stereocenters. The van der Waals surface area contributed by atoms with Crippen LogP contribution < -0.4 is 0 Å². The lowest BCUT2D eigenvalue weighted by Crippen LogP contribution is -2.30. The van der Waals surface area contributed by atoms with E-state index in [0.29, 0.717) is 19.3 Å². The third kappa shape index (κ3) is 64.0. The summed E-state index contributed by atoms with van der Waals surface area (Å²) in [7, 11) is 0. The van der Waals surface area contributed by atoms with Crippen molar-refractivity contribution in [3.63, 3.8) is 0 Å². The Kier molecular flexibility index (Phi) is 61.9. The molecule has 0 amide bonds. The predicted molar refractivity (Wildman–Crippen MR) is 343 cm³/mol. The van der Waals surface area contributed by atoms with Crippen LogP contribution in [0.25, 0.3) is 0 Å². The Morgan fingerprint density at radius 3 is 0.861 bits per heavy atom. The topological polar surface area (TPSA) is 78.9 Å². The summed E-state index contributed by atoms with van der Waals surface area (Å²) in [4.78, 5) is 38.3.